The summed E-state index contributed by atoms with van der Waals surface area (Å²) in [7, 11) is 1.61. The first-order chi connectivity index (χ1) is 8.54. The molecule has 0 spiro atoms. The molecule has 2 aromatic rings. The van der Waals surface area contributed by atoms with Crippen molar-refractivity contribution < 1.29 is 14.6 Å². The number of rotatable bonds is 3. The highest BCUT2D eigenvalue weighted by Crippen LogP contribution is 2.22. The van der Waals surface area contributed by atoms with Crippen molar-refractivity contribution in [3.05, 3.63) is 40.2 Å². The smallest absolute Gasteiger partial charge is 0.336 e. The Kier molecular flexibility index (Phi) is 3.06. The molecule has 1 heterocycles. The van der Waals surface area contributed by atoms with Gasteiger partial charge >= 0.3 is 5.97 Å². The summed E-state index contributed by atoms with van der Waals surface area (Å²) < 4.78 is 6.75. The van der Waals surface area contributed by atoms with Gasteiger partial charge in [-0.15, -0.1) is 0 Å². The van der Waals surface area contributed by atoms with Gasteiger partial charge in [-0.1, -0.05) is 0 Å². The highest BCUT2D eigenvalue weighted by molar-refractivity contribution is 6.02. The predicted octanol–water partition coefficient (Wildman–Crippen LogP) is 1.64. The number of aromatic nitrogens is 1. The molecule has 0 amide bonds. The number of ether oxygens (including phenoxy) is 1. The van der Waals surface area contributed by atoms with E-state index >= 15 is 0 Å². The van der Waals surface area contributed by atoms with E-state index in [2.05, 4.69) is 0 Å². The average Bonchev–Trinajstić information content (AvgIpc) is 2.34. The van der Waals surface area contributed by atoms with Crippen LogP contribution < -0.4 is 10.3 Å². The molecule has 0 bridgehead atoms. The number of carboxylic acid groups (broad SMARTS) is 1. The number of pyridine rings is 1. The van der Waals surface area contributed by atoms with E-state index in [1.54, 1.807) is 25.2 Å². The molecule has 94 valence electrons. The van der Waals surface area contributed by atoms with Gasteiger partial charge in [0.05, 0.1) is 17.7 Å². The van der Waals surface area contributed by atoms with Crippen LogP contribution in [0, 0.1) is 0 Å². The Bertz CT molecular complexity index is 672. The van der Waals surface area contributed by atoms with E-state index in [1.165, 1.54) is 4.57 Å². The molecular formula is C13H13NO4. The van der Waals surface area contributed by atoms with E-state index in [0.717, 1.165) is 6.07 Å². The number of aryl methyl sites for hydroxylation is 1. The van der Waals surface area contributed by atoms with Crippen LogP contribution in [0.25, 0.3) is 10.9 Å². The van der Waals surface area contributed by atoms with E-state index in [1.807, 2.05) is 6.92 Å². The lowest BCUT2D eigenvalue weighted by Crippen LogP contribution is -2.18. The van der Waals surface area contributed by atoms with Gasteiger partial charge in [0.25, 0.3) is 5.56 Å². The van der Waals surface area contributed by atoms with E-state index < -0.39 is 5.97 Å². The molecule has 0 radical (unpaired) electrons. The van der Waals surface area contributed by atoms with Crippen LogP contribution in [-0.2, 0) is 7.05 Å². The summed E-state index contributed by atoms with van der Waals surface area (Å²) in [5.74, 6) is -0.530. The molecule has 18 heavy (non-hydrogen) atoms. The third-order valence-electron chi connectivity index (χ3n) is 2.76. The Hall–Kier alpha value is -2.30. The van der Waals surface area contributed by atoms with Gasteiger partial charge in [-0.05, 0) is 25.1 Å². The quantitative estimate of drug-likeness (QED) is 0.895. The van der Waals surface area contributed by atoms with Crippen LogP contribution in [-0.4, -0.2) is 22.2 Å². The fraction of sp³-hybridized carbons (Fsp3) is 0.231. The normalized spacial score (nSPS) is 10.6. The Morgan fingerprint density at radius 3 is 2.72 bits per heavy atom. The predicted molar refractivity (Wildman–Crippen MR) is 67.3 cm³/mol. The Labute approximate surface area is 103 Å². The van der Waals surface area contributed by atoms with Crippen LogP contribution in [0.15, 0.2) is 29.1 Å². The molecule has 1 aromatic heterocycles. The van der Waals surface area contributed by atoms with Crippen LogP contribution in [0.1, 0.15) is 17.3 Å². The van der Waals surface area contributed by atoms with Gasteiger partial charge in [0.15, 0.2) is 0 Å². The van der Waals surface area contributed by atoms with E-state index in [-0.39, 0.29) is 11.1 Å². The van der Waals surface area contributed by atoms with Crippen LogP contribution in [0.2, 0.25) is 0 Å². The molecule has 1 aromatic carbocycles. The van der Waals surface area contributed by atoms with E-state index in [0.29, 0.717) is 23.3 Å². The summed E-state index contributed by atoms with van der Waals surface area (Å²) in [5.41, 5.74) is 0.224. The molecule has 0 aliphatic heterocycles. The van der Waals surface area contributed by atoms with Gasteiger partial charge in [-0.25, -0.2) is 4.79 Å². The molecule has 0 saturated carbocycles. The molecule has 5 nitrogen and oxygen atoms in total. The van der Waals surface area contributed by atoms with E-state index in [4.69, 9.17) is 9.84 Å². The molecule has 0 saturated heterocycles. The van der Waals surface area contributed by atoms with Crippen molar-refractivity contribution in [3.63, 3.8) is 0 Å². The Morgan fingerprint density at radius 2 is 2.11 bits per heavy atom. The molecule has 5 heteroatoms. The number of carbonyl (C=O) groups is 1. The standard InChI is InChI=1S/C13H13NO4/c1-3-18-8-4-5-11-9(6-8)10(13(16)17)7-12(15)14(11)2/h4-7H,3H2,1-2H3,(H,16,17). The summed E-state index contributed by atoms with van der Waals surface area (Å²) in [6, 6.07) is 6.17. The summed E-state index contributed by atoms with van der Waals surface area (Å²) >= 11 is 0. The molecule has 2 rings (SSSR count). The molecule has 0 aliphatic carbocycles. The fourth-order valence-electron chi connectivity index (χ4n) is 1.87. The number of benzene rings is 1. The van der Waals surface area contributed by atoms with Gasteiger partial charge in [0.2, 0.25) is 0 Å². The molecular weight excluding hydrogens is 234 g/mol. The lowest BCUT2D eigenvalue weighted by molar-refractivity contribution is 0.0699. The Morgan fingerprint density at radius 1 is 1.39 bits per heavy atom. The maximum Gasteiger partial charge on any atom is 0.336 e. The lowest BCUT2D eigenvalue weighted by Gasteiger charge is -2.09. The highest BCUT2D eigenvalue weighted by atomic mass is 16.5. The van der Waals surface area contributed by atoms with Crippen LogP contribution >= 0.6 is 0 Å². The average molecular weight is 247 g/mol. The number of fused-ring (bicyclic) bond motifs is 1. The second-order valence-electron chi connectivity index (χ2n) is 3.87. The highest BCUT2D eigenvalue weighted by Gasteiger charge is 2.13. The first kappa shape index (κ1) is 12.2. The topological polar surface area (TPSA) is 68.5 Å². The molecule has 0 atom stereocenters. The van der Waals surface area contributed by atoms with Gasteiger partial charge in [0, 0.05) is 18.5 Å². The fourth-order valence-corrected chi connectivity index (χ4v) is 1.87. The van der Waals surface area contributed by atoms with Crippen molar-refractivity contribution in [3.8, 4) is 5.75 Å². The zero-order chi connectivity index (χ0) is 13.3. The maximum atomic E-state index is 11.6. The SMILES string of the molecule is CCOc1ccc2c(c1)c(C(=O)O)cc(=O)n2C. The number of carboxylic acids is 1. The lowest BCUT2D eigenvalue weighted by atomic mass is 10.1. The largest absolute Gasteiger partial charge is 0.494 e. The van der Waals surface area contributed by atoms with Crippen LogP contribution in [0.4, 0.5) is 0 Å². The maximum absolute atomic E-state index is 11.6. The zero-order valence-electron chi connectivity index (χ0n) is 10.1. The van der Waals surface area contributed by atoms with Gasteiger partial charge in [0.1, 0.15) is 5.75 Å². The summed E-state index contributed by atoms with van der Waals surface area (Å²) in [6.07, 6.45) is 0. The van der Waals surface area contributed by atoms with Crippen molar-refractivity contribution in [2.75, 3.05) is 6.61 Å². The molecule has 0 unspecified atom stereocenters. The van der Waals surface area contributed by atoms with Crippen molar-refractivity contribution in [2.24, 2.45) is 7.05 Å². The second-order valence-corrected chi connectivity index (χ2v) is 3.87. The summed E-state index contributed by atoms with van der Waals surface area (Å²) in [4.78, 5) is 22.8. The first-order valence-corrected chi connectivity index (χ1v) is 5.54. The minimum Gasteiger partial charge on any atom is -0.494 e. The van der Waals surface area contributed by atoms with E-state index in [9.17, 15) is 9.59 Å². The van der Waals surface area contributed by atoms with Gasteiger partial charge in [-0.2, -0.15) is 0 Å². The summed E-state index contributed by atoms with van der Waals surface area (Å²) in [5, 5.41) is 9.63. The van der Waals surface area contributed by atoms with Crippen LogP contribution in [0.5, 0.6) is 5.75 Å². The number of hydrogen-bond donors (Lipinski definition) is 1. The van der Waals surface area contributed by atoms with Crippen molar-refractivity contribution in [1.82, 2.24) is 4.57 Å². The minimum atomic E-state index is -1.12. The molecule has 0 aliphatic rings. The van der Waals surface area contributed by atoms with Crippen molar-refractivity contribution in [1.29, 1.82) is 0 Å². The van der Waals surface area contributed by atoms with Crippen LogP contribution in [0.3, 0.4) is 0 Å². The third-order valence-corrected chi connectivity index (χ3v) is 2.76. The monoisotopic (exact) mass is 247 g/mol. The zero-order valence-corrected chi connectivity index (χ0v) is 10.1. The molecule has 1 N–H and O–H groups in total. The Balaban J connectivity index is 2.82. The minimum absolute atomic E-state index is 0.00495. The second kappa shape index (κ2) is 4.52. The van der Waals surface area contributed by atoms with Gasteiger partial charge in [-0.3, -0.25) is 4.79 Å². The molecule has 0 fully saturated rings. The number of hydrogen-bond acceptors (Lipinski definition) is 3. The first-order valence-electron chi connectivity index (χ1n) is 5.54. The summed E-state index contributed by atoms with van der Waals surface area (Å²) in [6.45, 7) is 2.35. The van der Waals surface area contributed by atoms with Crippen molar-refractivity contribution in [2.45, 2.75) is 6.92 Å². The third kappa shape index (κ3) is 1.95. The van der Waals surface area contributed by atoms with Gasteiger partial charge < -0.3 is 14.4 Å². The number of aromatic carboxylic acids is 1. The number of nitrogens with zero attached hydrogens (tertiary/aromatic N) is 1. The van der Waals surface area contributed by atoms with Crippen molar-refractivity contribution >= 4 is 16.9 Å².